The molecule has 0 aromatic rings. The van der Waals surface area contributed by atoms with Crippen LogP contribution in [0, 0.1) is 5.92 Å². The average Bonchev–Trinajstić information content (AvgIpc) is 2.73. The van der Waals surface area contributed by atoms with E-state index in [1.54, 1.807) is 7.05 Å². The molecule has 0 aromatic carbocycles. The van der Waals surface area contributed by atoms with Crippen LogP contribution in [-0.2, 0) is 19.2 Å². The number of hydroxylamine groups is 2. The number of aliphatic carboxylic acids is 2. The Kier molecular flexibility index (Phi) is 4.82. The van der Waals surface area contributed by atoms with Crippen LogP contribution in [0.2, 0.25) is 0 Å². The summed E-state index contributed by atoms with van der Waals surface area (Å²) in [6.45, 7) is 3.33. The predicted molar refractivity (Wildman–Crippen MR) is 74.8 cm³/mol. The summed E-state index contributed by atoms with van der Waals surface area (Å²) in [5.74, 6) is -1.78. The molecule has 4 fully saturated rings. The number of nitrogens with zero attached hydrogens (tertiary/aromatic N) is 2. The number of carbonyl (C=O) groups excluding carboxylic acids is 1. The van der Waals surface area contributed by atoms with Crippen LogP contribution in [0.1, 0.15) is 19.3 Å². The Hall–Kier alpha value is -1.93. The summed E-state index contributed by atoms with van der Waals surface area (Å²) in [5, 5.41) is 17.1. The van der Waals surface area contributed by atoms with Crippen molar-refractivity contribution in [3.05, 3.63) is 12.2 Å². The van der Waals surface area contributed by atoms with E-state index in [1.165, 1.54) is 31.0 Å². The number of hydrogen-bond acceptors (Lipinski definition) is 5. The molecule has 8 heteroatoms. The second kappa shape index (κ2) is 6.45. The number of carboxylic acid groups (broad SMARTS) is 2. The zero-order valence-electron chi connectivity index (χ0n) is 12.4. The largest absolute Gasteiger partial charge is 0.478 e. The number of fused-ring (bicyclic) bond motifs is 2. The highest BCUT2D eigenvalue weighted by molar-refractivity contribution is 5.89. The lowest BCUT2D eigenvalue weighted by Crippen LogP contribution is -2.59. The molecule has 0 radical (unpaired) electrons. The van der Waals surface area contributed by atoms with Crippen LogP contribution in [0.3, 0.4) is 0 Å². The molecular weight excluding hydrogens is 292 g/mol. The van der Waals surface area contributed by atoms with E-state index in [-0.39, 0.29) is 11.5 Å². The fraction of sp³-hybridized carbons (Fsp3) is 0.643. The summed E-state index contributed by atoms with van der Waals surface area (Å²) < 4.78 is 0. The Morgan fingerprint density at radius 3 is 2.09 bits per heavy atom. The highest BCUT2D eigenvalue weighted by Gasteiger charge is 2.54. The highest BCUT2D eigenvalue weighted by Crippen LogP contribution is 2.43. The van der Waals surface area contributed by atoms with Gasteiger partial charge >= 0.3 is 11.9 Å². The van der Waals surface area contributed by atoms with Crippen molar-refractivity contribution in [3.63, 3.8) is 0 Å². The standard InChI is InChI=1S/C10H16N2O2.C4H4O4/c1-11-9(13)6-10(14-11)7-12-4-2-8(10)3-5-12;5-3(6)1-2-4(7)8/h8H,2-7H2,1H3;1-2H,(H,5,6)(H,7,8)/b;2-1-. The van der Waals surface area contributed by atoms with Crippen LogP contribution < -0.4 is 0 Å². The van der Waals surface area contributed by atoms with Crippen LogP contribution in [0.5, 0.6) is 0 Å². The first-order valence-electron chi connectivity index (χ1n) is 7.14. The minimum absolute atomic E-state index is 0.138. The number of hydrogen-bond donors (Lipinski definition) is 2. The van der Waals surface area contributed by atoms with Gasteiger partial charge in [-0.2, -0.15) is 0 Å². The lowest BCUT2D eigenvalue weighted by atomic mass is 9.74. The number of piperidine rings is 3. The third-order valence-corrected chi connectivity index (χ3v) is 4.31. The van der Waals surface area contributed by atoms with E-state index in [0.29, 0.717) is 24.5 Å². The Bertz CT molecular complexity index is 482. The van der Waals surface area contributed by atoms with Gasteiger partial charge in [-0.25, -0.2) is 14.7 Å². The number of carbonyl (C=O) groups is 3. The van der Waals surface area contributed by atoms with Crippen LogP contribution in [-0.4, -0.2) is 70.3 Å². The first-order chi connectivity index (χ1) is 10.3. The normalized spacial score (nSPS) is 33.1. The molecule has 4 aliphatic rings. The van der Waals surface area contributed by atoms with E-state index in [2.05, 4.69) is 4.90 Å². The van der Waals surface area contributed by atoms with E-state index < -0.39 is 11.9 Å². The van der Waals surface area contributed by atoms with Crippen molar-refractivity contribution in [1.29, 1.82) is 0 Å². The summed E-state index contributed by atoms with van der Waals surface area (Å²) in [7, 11) is 1.73. The highest BCUT2D eigenvalue weighted by atomic mass is 16.7. The van der Waals surface area contributed by atoms with Crippen LogP contribution in [0.15, 0.2) is 12.2 Å². The third kappa shape index (κ3) is 3.63. The van der Waals surface area contributed by atoms with E-state index in [1.807, 2.05) is 0 Å². The summed E-state index contributed by atoms with van der Waals surface area (Å²) >= 11 is 0. The van der Waals surface area contributed by atoms with Crippen LogP contribution in [0.25, 0.3) is 0 Å². The molecule has 2 bridgehead atoms. The minimum atomic E-state index is -1.26. The van der Waals surface area contributed by atoms with Gasteiger partial charge in [0, 0.05) is 25.7 Å². The second-order valence-electron chi connectivity index (χ2n) is 5.78. The average molecular weight is 312 g/mol. The summed E-state index contributed by atoms with van der Waals surface area (Å²) in [5.41, 5.74) is -0.164. The van der Waals surface area contributed by atoms with Gasteiger partial charge in [0.2, 0.25) is 5.91 Å². The van der Waals surface area contributed by atoms with Crippen molar-refractivity contribution in [2.24, 2.45) is 5.92 Å². The fourth-order valence-corrected chi connectivity index (χ4v) is 3.29. The van der Waals surface area contributed by atoms with Crippen LogP contribution >= 0.6 is 0 Å². The molecule has 1 unspecified atom stereocenters. The van der Waals surface area contributed by atoms with Crippen molar-refractivity contribution < 1.29 is 29.4 Å². The fourth-order valence-electron chi connectivity index (χ4n) is 3.29. The van der Waals surface area contributed by atoms with Gasteiger partial charge in [-0.15, -0.1) is 0 Å². The molecule has 22 heavy (non-hydrogen) atoms. The maximum absolute atomic E-state index is 11.5. The van der Waals surface area contributed by atoms with Crippen molar-refractivity contribution in [2.75, 3.05) is 26.7 Å². The van der Waals surface area contributed by atoms with Crippen molar-refractivity contribution in [2.45, 2.75) is 24.9 Å². The first kappa shape index (κ1) is 16.4. The van der Waals surface area contributed by atoms with Gasteiger partial charge in [0.05, 0.1) is 6.42 Å². The van der Waals surface area contributed by atoms with E-state index in [0.717, 1.165) is 6.54 Å². The molecule has 4 heterocycles. The third-order valence-electron chi connectivity index (χ3n) is 4.31. The first-order valence-corrected chi connectivity index (χ1v) is 7.14. The predicted octanol–water partition coefficient (Wildman–Crippen LogP) is -0.0437. The number of amides is 1. The van der Waals surface area contributed by atoms with Gasteiger partial charge in [0.1, 0.15) is 5.60 Å². The molecule has 4 aliphatic heterocycles. The van der Waals surface area contributed by atoms with E-state index in [9.17, 15) is 14.4 Å². The smallest absolute Gasteiger partial charge is 0.328 e. The Morgan fingerprint density at radius 1 is 1.23 bits per heavy atom. The van der Waals surface area contributed by atoms with Gasteiger partial charge in [0.15, 0.2) is 0 Å². The molecule has 122 valence electrons. The number of rotatable bonds is 2. The van der Waals surface area contributed by atoms with Crippen molar-refractivity contribution in [3.8, 4) is 0 Å². The zero-order chi connectivity index (χ0) is 16.3. The van der Waals surface area contributed by atoms with Gasteiger partial charge < -0.3 is 15.1 Å². The second-order valence-corrected chi connectivity index (χ2v) is 5.78. The number of carboxylic acids is 2. The summed E-state index contributed by atoms with van der Waals surface area (Å²) in [4.78, 5) is 38.8. The molecule has 4 rings (SSSR count). The molecule has 2 N–H and O–H groups in total. The Morgan fingerprint density at radius 2 is 1.77 bits per heavy atom. The molecule has 1 atom stereocenters. The summed E-state index contributed by atoms with van der Waals surface area (Å²) in [6, 6.07) is 0. The van der Waals surface area contributed by atoms with E-state index >= 15 is 0 Å². The molecule has 1 amide bonds. The molecular formula is C14H20N2O6. The van der Waals surface area contributed by atoms with Crippen molar-refractivity contribution >= 4 is 17.8 Å². The Balaban J connectivity index is 0.000000192. The molecule has 0 aromatic heterocycles. The molecule has 0 saturated carbocycles. The van der Waals surface area contributed by atoms with Crippen molar-refractivity contribution in [1.82, 2.24) is 9.96 Å². The van der Waals surface area contributed by atoms with Gasteiger partial charge in [-0.3, -0.25) is 9.63 Å². The van der Waals surface area contributed by atoms with Gasteiger partial charge in [0.25, 0.3) is 0 Å². The minimum Gasteiger partial charge on any atom is -0.478 e. The maximum atomic E-state index is 11.5. The topological polar surface area (TPSA) is 107 Å². The zero-order valence-corrected chi connectivity index (χ0v) is 12.4. The molecule has 4 saturated heterocycles. The van der Waals surface area contributed by atoms with Crippen LogP contribution in [0.4, 0.5) is 0 Å². The quantitative estimate of drug-likeness (QED) is 0.689. The van der Waals surface area contributed by atoms with Gasteiger partial charge in [-0.1, -0.05) is 0 Å². The molecule has 0 aliphatic carbocycles. The Labute approximate surface area is 127 Å². The lowest BCUT2D eigenvalue weighted by molar-refractivity contribution is -0.229. The molecule has 1 spiro atoms. The summed E-state index contributed by atoms with van der Waals surface area (Å²) in [6.07, 6.45) is 4.09. The van der Waals surface area contributed by atoms with E-state index in [4.69, 9.17) is 15.1 Å². The maximum Gasteiger partial charge on any atom is 0.328 e. The molecule has 8 nitrogen and oxygen atoms in total. The SMILES string of the molecule is CN1OC2(CC1=O)CN1CCC2CC1.O=C(O)/C=C\C(=O)O. The van der Waals surface area contributed by atoms with Gasteiger partial charge in [-0.05, 0) is 31.8 Å². The lowest BCUT2D eigenvalue weighted by Gasteiger charge is -2.49. The monoisotopic (exact) mass is 312 g/mol.